The number of hydrogen-bond donors (Lipinski definition) is 0. The second-order valence-electron chi connectivity index (χ2n) is 16.0. The van der Waals surface area contributed by atoms with Gasteiger partial charge < -0.3 is 14.2 Å². The van der Waals surface area contributed by atoms with Gasteiger partial charge in [-0.1, -0.05) is 201 Å². The van der Waals surface area contributed by atoms with Gasteiger partial charge in [0.05, 0.1) is 0 Å². The van der Waals surface area contributed by atoms with Crippen LogP contribution in [0.15, 0.2) is 97.2 Å². The highest BCUT2D eigenvalue weighted by molar-refractivity contribution is 5.71. The number of rotatable bonds is 43. The number of esters is 3. The van der Waals surface area contributed by atoms with Crippen molar-refractivity contribution in [2.24, 2.45) is 0 Å². The molecule has 0 saturated carbocycles. The summed E-state index contributed by atoms with van der Waals surface area (Å²) in [5.41, 5.74) is 0. The second kappa shape index (κ2) is 49.0. The van der Waals surface area contributed by atoms with Gasteiger partial charge in [-0.05, 0) is 89.9 Å². The molecule has 0 aromatic heterocycles. The van der Waals surface area contributed by atoms with Gasteiger partial charge in [-0.25, -0.2) is 0 Å². The Bertz CT molecular complexity index is 1250. The molecule has 0 aliphatic heterocycles. The first-order valence-corrected chi connectivity index (χ1v) is 24.7. The summed E-state index contributed by atoms with van der Waals surface area (Å²) in [5.74, 6) is -0.988. The minimum Gasteiger partial charge on any atom is -0.462 e. The normalized spacial score (nSPS) is 12.9. The highest BCUT2D eigenvalue weighted by atomic mass is 16.6. The molecule has 61 heavy (non-hydrogen) atoms. The van der Waals surface area contributed by atoms with E-state index in [4.69, 9.17) is 14.2 Å². The minimum absolute atomic E-state index is 0.105. The lowest BCUT2D eigenvalue weighted by molar-refractivity contribution is -0.167. The van der Waals surface area contributed by atoms with Crippen LogP contribution in [0.25, 0.3) is 0 Å². The van der Waals surface area contributed by atoms with E-state index in [1.807, 2.05) is 0 Å². The monoisotopic (exact) mass is 847 g/mol. The van der Waals surface area contributed by atoms with Crippen LogP contribution in [0.5, 0.6) is 0 Å². The summed E-state index contributed by atoms with van der Waals surface area (Å²) < 4.78 is 16.7. The number of unbranched alkanes of at least 4 members (excludes halogenated alkanes) is 16. The number of allylic oxidation sites excluding steroid dienone is 16. The molecule has 0 bridgehead atoms. The highest BCUT2D eigenvalue weighted by Gasteiger charge is 2.19. The van der Waals surface area contributed by atoms with Crippen LogP contribution in [0.3, 0.4) is 0 Å². The summed E-state index contributed by atoms with van der Waals surface area (Å²) in [5, 5.41) is 0. The molecule has 0 aromatic rings. The zero-order chi connectivity index (χ0) is 44.4. The minimum atomic E-state index is -0.812. The summed E-state index contributed by atoms with van der Waals surface area (Å²) in [6, 6.07) is 0. The maximum atomic E-state index is 12.8. The maximum Gasteiger partial charge on any atom is 0.306 e. The fourth-order valence-electron chi connectivity index (χ4n) is 6.43. The molecule has 1 atom stereocenters. The Morgan fingerprint density at radius 1 is 0.344 bits per heavy atom. The lowest BCUT2D eigenvalue weighted by atomic mass is 10.1. The van der Waals surface area contributed by atoms with Gasteiger partial charge in [-0.15, -0.1) is 0 Å². The molecular formula is C55H90O6. The lowest BCUT2D eigenvalue weighted by Gasteiger charge is -2.18. The number of carbonyl (C=O) groups excluding carboxylic acids is 3. The van der Waals surface area contributed by atoms with Crippen LogP contribution in [0, 0.1) is 0 Å². The molecule has 0 saturated heterocycles. The van der Waals surface area contributed by atoms with Crippen LogP contribution < -0.4 is 0 Å². The van der Waals surface area contributed by atoms with Crippen molar-refractivity contribution in [2.75, 3.05) is 13.2 Å². The molecule has 0 amide bonds. The highest BCUT2D eigenvalue weighted by Crippen LogP contribution is 2.13. The van der Waals surface area contributed by atoms with Crippen molar-refractivity contribution in [3.8, 4) is 0 Å². The van der Waals surface area contributed by atoms with Gasteiger partial charge >= 0.3 is 17.9 Å². The third-order valence-electron chi connectivity index (χ3n) is 10.1. The Morgan fingerprint density at radius 2 is 0.656 bits per heavy atom. The molecule has 0 radical (unpaired) electrons. The van der Waals surface area contributed by atoms with Crippen LogP contribution >= 0.6 is 0 Å². The van der Waals surface area contributed by atoms with Crippen molar-refractivity contribution >= 4 is 17.9 Å². The first-order chi connectivity index (χ1) is 30.0. The molecule has 0 spiro atoms. The quantitative estimate of drug-likeness (QED) is 0.0263. The molecule has 0 aliphatic rings. The van der Waals surface area contributed by atoms with Crippen LogP contribution in [0.1, 0.15) is 213 Å². The van der Waals surface area contributed by atoms with Gasteiger partial charge in [0, 0.05) is 19.3 Å². The summed E-state index contributed by atoms with van der Waals surface area (Å²) in [6.45, 7) is 6.33. The molecule has 346 valence electrons. The standard InChI is InChI=1S/C55H90O6/c1-4-7-10-13-16-19-22-24-26-27-29-31-34-37-40-43-46-49-55(58)61-52(50-59-53(56)47-44-41-38-35-32-21-18-15-12-9-6-3)51-60-54(57)48-45-42-39-36-33-30-28-25-23-20-17-14-11-8-5-2/h7-8,10-11,16-17,19-20,24-26,28-29,31,37,40,52H,4-6,9,12-15,18,21-23,27,30,32-36,38-39,41-51H2,1-3H3/b10-7-,11-8-,19-16-,20-17-,26-24-,28-25-,31-29-,40-37-/t52-/m0/s1. The Hall–Kier alpha value is -3.67. The summed E-state index contributed by atoms with van der Waals surface area (Å²) in [4.78, 5) is 37.9. The summed E-state index contributed by atoms with van der Waals surface area (Å²) >= 11 is 0. The predicted molar refractivity (Wildman–Crippen MR) is 260 cm³/mol. The lowest BCUT2D eigenvalue weighted by Crippen LogP contribution is -2.30. The van der Waals surface area contributed by atoms with Crippen LogP contribution in [0.4, 0.5) is 0 Å². The van der Waals surface area contributed by atoms with Crippen molar-refractivity contribution < 1.29 is 28.6 Å². The molecule has 0 fully saturated rings. The zero-order valence-electron chi connectivity index (χ0n) is 39.4. The molecule has 0 unspecified atom stereocenters. The Morgan fingerprint density at radius 3 is 1.05 bits per heavy atom. The van der Waals surface area contributed by atoms with Crippen molar-refractivity contribution in [1.29, 1.82) is 0 Å². The van der Waals surface area contributed by atoms with Crippen molar-refractivity contribution in [3.63, 3.8) is 0 Å². The van der Waals surface area contributed by atoms with E-state index in [2.05, 4.69) is 118 Å². The topological polar surface area (TPSA) is 78.9 Å². The van der Waals surface area contributed by atoms with Crippen LogP contribution in [-0.2, 0) is 28.6 Å². The SMILES string of the molecule is CC/C=C\C/C=C\C/C=C\C/C=C\C/C=C\CCCC(=O)O[C@H](COC(=O)CCCCCCC/C=C\C/C=C\C/C=C\CC)COC(=O)CCCCCCCCCCCCC. The van der Waals surface area contributed by atoms with Crippen LogP contribution in [0.2, 0.25) is 0 Å². The van der Waals surface area contributed by atoms with Gasteiger partial charge in [-0.2, -0.15) is 0 Å². The van der Waals surface area contributed by atoms with Crippen LogP contribution in [-0.4, -0.2) is 37.2 Å². The van der Waals surface area contributed by atoms with Crippen molar-refractivity contribution in [3.05, 3.63) is 97.2 Å². The third-order valence-corrected chi connectivity index (χ3v) is 10.1. The average molecular weight is 847 g/mol. The zero-order valence-corrected chi connectivity index (χ0v) is 39.4. The fourth-order valence-corrected chi connectivity index (χ4v) is 6.43. The fraction of sp³-hybridized carbons (Fsp3) is 0.655. The first kappa shape index (κ1) is 57.3. The molecular weight excluding hydrogens is 757 g/mol. The third kappa shape index (κ3) is 47.2. The van der Waals surface area contributed by atoms with Gasteiger partial charge in [0.25, 0.3) is 0 Å². The molecule has 6 nitrogen and oxygen atoms in total. The molecule has 0 aliphatic carbocycles. The van der Waals surface area contributed by atoms with Crippen molar-refractivity contribution in [2.45, 2.75) is 219 Å². The van der Waals surface area contributed by atoms with E-state index in [0.717, 1.165) is 116 Å². The van der Waals surface area contributed by atoms with E-state index in [1.165, 1.54) is 51.4 Å². The largest absolute Gasteiger partial charge is 0.462 e. The Kier molecular flexibility index (Phi) is 46.0. The number of ether oxygens (including phenoxy) is 3. The van der Waals surface area contributed by atoms with E-state index in [-0.39, 0.29) is 37.5 Å². The number of hydrogen-bond acceptors (Lipinski definition) is 6. The van der Waals surface area contributed by atoms with E-state index in [0.29, 0.717) is 19.3 Å². The van der Waals surface area contributed by atoms with E-state index < -0.39 is 6.10 Å². The van der Waals surface area contributed by atoms with Gasteiger partial charge in [0.15, 0.2) is 6.10 Å². The molecule has 0 heterocycles. The smallest absolute Gasteiger partial charge is 0.306 e. The maximum absolute atomic E-state index is 12.8. The number of carbonyl (C=O) groups is 3. The van der Waals surface area contributed by atoms with Gasteiger partial charge in [0.1, 0.15) is 13.2 Å². The van der Waals surface area contributed by atoms with E-state index >= 15 is 0 Å². The summed E-state index contributed by atoms with van der Waals surface area (Å²) in [6.07, 6.45) is 63.9. The molecule has 0 N–H and O–H groups in total. The Labute approximate surface area is 375 Å². The van der Waals surface area contributed by atoms with Gasteiger partial charge in [0.2, 0.25) is 0 Å². The van der Waals surface area contributed by atoms with Gasteiger partial charge in [-0.3, -0.25) is 14.4 Å². The van der Waals surface area contributed by atoms with Crippen molar-refractivity contribution in [1.82, 2.24) is 0 Å². The predicted octanol–water partition coefficient (Wildman–Crippen LogP) is 16.2. The average Bonchev–Trinajstić information content (AvgIpc) is 3.26. The second-order valence-corrected chi connectivity index (χ2v) is 16.0. The molecule has 0 rings (SSSR count). The summed E-state index contributed by atoms with van der Waals surface area (Å²) in [7, 11) is 0. The van der Waals surface area contributed by atoms with E-state index in [9.17, 15) is 14.4 Å². The molecule has 6 heteroatoms. The Balaban J connectivity index is 4.51. The molecule has 0 aromatic carbocycles. The first-order valence-electron chi connectivity index (χ1n) is 24.7. The van der Waals surface area contributed by atoms with E-state index in [1.54, 1.807) is 0 Å².